The Kier molecular flexibility index (Phi) is 4.80. The van der Waals surface area contributed by atoms with Crippen LogP contribution in [0.25, 0.3) is 11.3 Å². The monoisotopic (exact) mass is 352 g/mol. The molecule has 1 N–H and O–H groups in total. The Hall–Kier alpha value is -2.35. The van der Waals surface area contributed by atoms with Crippen LogP contribution in [-0.4, -0.2) is 58.3 Å². The van der Waals surface area contributed by atoms with E-state index in [2.05, 4.69) is 10.2 Å². The standard InChI is InChI=1S/C17H19F3N4O/c1-12-2-4-13(5-3-12)16-14(8-21-22-16)9-23-6-7-24(15(25)10-23)11-17(18,19)20/h2-5,8H,6-7,9-11H2,1H3,(H,21,22). The summed E-state index contributed by atoms with van der Waals surface area (Å²) in [5.74, 6) is -0.496. The summed E-state index contributed by atoms with van der Waals surface area (Å²) in [5.41, 5.74) is 3.92. The van der Waals surface area contributed by atoms with E-state index in [1.807, 2.05) is 36.1 Å². The van der Waals surface area contributed by atoms with E-state index in [0.29, 0.717) is 13.1 Å². The Morgan fingerprint density at radius 3 is 2.56 bits per heavy atom. The number of aryl methyl sites for hydroxylation is 1. The van der Waals surface area contributed by atoms with E-state index in [1.165, 1.54) is 0 Å². The van der Waals surface area contributed by atoms with Gasteiger partial charge in [-0.3, -0.25) is 14.8 Å². The highest BCUT2D eigenvalue weighted by Crippen LogP contribution is 2.24. The fourth-order valence-corrected chi connectivity index (χ4v) is 2.92. The third kappa shape index (κ3) is 4.39. The van der Waals surface area contributed by atoms with Crippen LogP contribution in [0.2, 0.25) is 0 Å². The molecule has 0 atom stereocenters. The van der Waals surface area contributed by atoms with Crippen molar-refractivity contribution in [1.82, 2.24) is 20.0 Å². The number of nitrogens with zero attached hydrogens (tertiary/aromatic N) is 3. The highest BCUT2D eigenvalue weighted by Gasteiger charge is 2.35. The van der Waals surface area contributed by atoms with Crippen molar-refractivity contribution in [2.24, 2.45) is 0 Å². The van der Waals surface area contributed by atoms with Crippen molar-refractivity contribution in [3.8, 4) is 11.3 Å². The molecule has 0 saturated carbocycles. The highest BCUT2D eigenvalue weighted by atomic mass is 19.4. The average molecular weight is 352 g/mol. The summed E-state index contributed by atoms with van der Waals surface area (Å²) in [6, 6.07) is 7.97. The molecule has 0 unspecified atom stereocenters. The molecule has 134 valence electrons. The normalized spacial score (nSPS) is 16.5. The number of aromatic amines is 1. The molecule has 0 radical (unpaired) electrons. The quantitative estimate of drug-likeness (QED) is 0.920. The second-order valence-corrected chi connectivity index (χ2v) is 6.28. The van der Waals surface area contributed by atoms with Gasteiger partial charge in [0.25, 0.3) is 0 Å². The molecule has 1 aliphatic heterocycles. The van der Waals surface area contributed by atoms with Gasteiger partial charge >= 0.3 is 6.18 Å². The minimum atomic E-state index is -4.36. The summed E-state index contributed by atoms with van der Waals surface area (Å²) < 4.78 is 37.4. The fraction of sp³-hybridized carbons (Fsp3) is 0.412. The van der Waals surface area contributed by atoms with E-state index in [9.17, 15) is 18.0 Å². The largest absolute Gasteiger partial charge is 0.406 e. The molecule has 0 aliphatic carbocycles. The van der Waals surface area contributed by atoms with Crippen molar-refractivity contribution in [2.75, 3.05) is 26.2 Å². The topological polar surface area (TPSA) is 52.2 Å². The van der Waals surface area contributed by atoms with E-state index >= 15 is 0 Å². The molecule has 1 aromatic heterocycles. The van der Waals surface area contributed by atoms with Crippen LogP contribution in [-0.2, 0) is 11.3 Å². The summed E-state index contributed by atoms with van der Waals surface area (Å²) in [6.07, 6.45) is -2.66. The van der Waals surface area contributed by atoms with Gasteiger partial charge in [-0.15, -0.1) is 0 Å². The number of piperazine rings is 1. The number of hydrogen-bond donors (Lipinski definition) is 1. The molecule has 8 heteroatoms. The van der Waals surface area contributed by atoms with E-state index in [4.69, 9.17) is 0 Å². The van der Waals surface area contributed by atoms with E-state index in [-0.39, 0.29) is 13.1 Å². The lowest BCUT2D eigenvalue weighted by Gasteiger charge is -2.34. The first-order valence-electron chi connectivity index (χ1n) is 7.98. The Bertz CT molecular complexity index is 739. The van der Waals surface area contributed by atoms with Gasteiger partial charge in [0.05, 0.1) is 18.4 Å². The third-order valence-corrected chi connectivity index (χ3v) is 4.22. The lowest BCUT2D eigenvalue weighted by Crippen LogP contribution is -2.52. The molecule has 25 heavy (non-hydrogen) atoms. The minimum absolute atomic E-state index is 0.0192. The van der Waals surface area contributed by atoms with Crippen LogP contribution in [0, 0.1) is 6.92 Å². The smallest absolute Gasteiger partial charge is 0.331 e. The predicted molar refractivity (Wildman–Crippen MR) is 86.7 cm³/mol. The zero-order valence-electron chi connectivity index (χ0n) is 13.8. The first kappa shape index (κ1) is 17.5. The maximum Gasteiger partial charge on any atom is 0.406 e. The molecule has 3 rings (SSSR count). The van der Waals surface area contributed by atoms with E-state index in [1.54, 1.807) is 6.20 Å². The van der Waals surface area contributed by atoms with Crippen LogP contribution in [0.5, 0.6) is 0 Å². The van der Waals surface area contributed by atoms with E-state index in [0.717, 1.165) is 27.3 Å². The van der Waals surface area contributed by atoms with Crippen molar-refractivity contribution >= 4 is 5.91 Å². The summed E-state index contributed by atoms with van der Waals surface area (Å²) >= 11 is 0. The van der Waals surface area contributed by atoms with Gasteiger partial charge in [-0.05, 0) is 12.5 Å². The van der Waals surface area contributed by atoms with E-state index < -0.39 is 18.6 Å². The van der Waals surface area contributed by atoms with Crippen LogP contribution in [0.3, 0.4) is 0 Å². The first-order chi connectivity index (χ1) is 11.8. The number of nitrogens with one attached hydrogen (secondary N) is 1. The number of benzene rings is 1. The molecule has 0 bridgehead atoms. The van der Waals surface area contributed by atoms with Crippen LogP contribution in [0.4, 0.5) is 13.2 Å². The maximum absolute atomic E-state index is 12.5. The van der Waals surface area contributed by atoms with Gasteiger partial charge in [-0.25, -0.2) is 0 Å². The van der Waals surface area contributed by atoms with Crippen molar-refractivity contribution in [3.05, 3.63) is 41.6 Å². The highest BCUT2D eigenvalue weighted by molar-refractivity contribution is 5.79. The number of hydrogen-bond acceptors (Lipinski definition) is 3. The van der Waals surface area contributed by atoms with Crippen LogP contribution >= 0.6 is 0 Å². The van der Waals surface area contributed by atoms with Crippen molar-refractivity contribution in [3.63, 3.8) is 0 Å². The molecule has 5 nitrogen and oxygen atoms in total. The predicted octanol–water partition coefficient (Wildman–Crippen LogP) is 2.59. The summed E-state index contributed by atoms with van der Waals surface area (Å²) in [5, 5.41) is 7.03. The number of halogens is 3. The van der Waals surface area contributed by atoms with Gasteiger partial charge in [0.1, 0.15) is 6.54 Å². The molecular weight excluding hydrogens is 333 g/mol. The number of H-pyrrole nitrogens is 1. The van der Waals surface area contributed by atoms with Gasteiger partial charge in [-0.2, -0.15) is 18.3 Å². The van der Waals surface area contributed by atoms with Crippen LogP contribution < -0.4 is 0 Å². The fourth-order valence-electron chi connectivity index (χ4n) is 2.92. The number of aromatic nitrogens is 2. The Labute approximate surface area is 143 Å². The molecule has 1 fully saturated rings. The number of amides is 1. The third-order valence-electron chi connectivity index (χ3n) is 4.22. The Morgan fingerprint density at radius 2 is 1.92 bits per heavy atom. The number of carbonyl (C=O) groups is 1. The average Bonchev–Trinajstić information content (AvgIpc) is 2.98. The summed E-state index contributed by atoms with van der Waals surface area (Å²) in [6.45, 7) is 1.75. The van der Waals surface area contributed by atoms with Gasteiger partial charge in [0, 0.05) is 25.2 Å². The summed E-state index contributed by atoms with van der Waals surface area (Å²) in [7, 11) is 0. The molecule has 1 aliphatic rings. The number of carbonyl (C=O) groups excluding carboxylic acids is 1. The molecule has 0 spiro atoms. The van der Waals surface area contributed by atoms with Gasteiger partial charge in [0.15, 0.2) is 0 Å². The minimum Gasteiger partial charge on any atom is -0.331 e. The van der Waals surface area contributed by atoms with Gasteiger partial charge < -0.3 is 4.90 Å². The zero-order chi connectivity index (χ0) is 18.0. The van der Waals surface area contributed by atoms with Gasteiger partial charge in [-0.1, -0.05) is 29.8 Å². The molecular formula is C17H19F3N4O. The van der Waals surface area contributed by atoms with Crippen molar-refractivity contribution in [2.45, 2.75) is 19.6 Å². The first-order valence-corrected chi connectivity index (χ1v) is 7.98. The second kappa shape index (κ2) is 6.87. The lowest BCUT2D eigenvalue weighted by molar-refractivity contribution is -0.165. The molecule has 2 heterocycles. The molecule has 1 saturated heterocycles. The second-order valence-electron chi connectivity index (χ2n) is 6.28. The molecule has 2 aromatic rings. The Balaban J connectivity index is 1.66. The van der Waals surface area contributed by atoms with Crippen molar-refractivity contribution in [1.29, 1.82) is 0 Å². The van der Waals surface area contributed by atoms with Crippen molar-refractivity contribution < 1.29 is 18.0 Å². The SMILES string of the molecule is Cc1ccc(-c2[nH]ncc2CN2CCN(CC(F)(F)F)C(=O)C2)cc1. The maximum atomic E-state index is 12.5. The lowest BCUT2D eigenvalue weighted by atomic mass is 10.1. The molecule has 1 aromatic carbocycles. The molecule has 1 amide bonds. The van der Waals surface area contributed by atoms with Crippen LogP contribution in [0.15, 0.2) is 30.5 Å². The summed E-state index contributed by atoms with van der Waals surface area (Å²) in [4.78, 5) is 14.7. The zero-order valence-corrected chi connectivity index (χ0v) is 13.8. The number of alkyl halides is 3. The van der Waals surface area contributed by atoms with Gasteiger partial charge in [0.2, 0.25) is 5.91 Å². The Morgan fingerprint density at radius 1 is 1.20 bits per heavy atom. The van der Waals surface area contributed by atoms with Crippen LogP contribution in [0.1, 0.15) is 11.1 Å². The number of rotatable bonds is 4.